The van der Waals surface area contributed by atoms with Gasteiger partial charge in [-0.15, -0.1) is 11.3 Å². The summed E-state index contributed by atoms with van der Waals surface area (Å²) in [5.41, 5.74) is 4.98. The number of aromatic nitrogens is 1. The molecule has 3 aromatic carbocycles. The molecule has 0 atom stereocenters. The third-order valence-electron chi connectivity index (χ3n) is 4.43. The van der Waals surface area contributed by atoms with Crippen molar-refractivity contribution in [1.29, 1.82) is 0 Å². The van der Waals surface area contributed by atoms with Crippen molar-refractivity contribution in [3.63, 3.8) is 0 Å². The lowest BCUT2D eigenvalue weighted by atomic mass is 9.99. The Morgan fingerprint density at radius 2 is 1.70 bits per heavy atom. The molecule has 0 bridgehead atoms. The third-order valence-corrected chi connectivity index (χ3v) is 5.82. The van der Waals surface area contributed by atoms with Gasteiger partial charge in [0.25, 0.3) is 10.1 Å². The molecule has 0 fully saturated rings. The van der Waals surface area contributed by atoms with Crippen LogP contribution in [0.15, 0.2) is 76.6 Å². The minimum Gasteiger partial charge on any atom is -0.507 e. The van der Waals surface area contributed by atoms with Crippen molar-refractivity contribution in [3.8, 4) is 5.75 Å². The fourth-order valence-corrected chi connectivity index (χ4v) is 3.57. The summed E-state index contributed by atoms with van der Waals surface area (Å²) in [6.45, 7) is 5.92. The molecule has 7 heteroatoms. The van der Waals surface area contributed by atoms with Gasteiger partial charge in [-0.3, -0.25) is 9.54 Å². The Labute approximate surface area is 181 Å². The number of nitrogens with zero attached hydrogens (tertiary/aromatic N) is 1. The van der Waals surface area contributed by atoms with E-state index in [4.69, 9.17) is 4.55 Å². The molecule has 1 heterocycles. The smallest absolute Gasteiger partial charge is 0.294 e. The van der Waals surface area contributed by atoms with Crippen LogP contribution in [0.2, 0.25) is 0 Å². The van der Waals surface area contributed by atoms with E-state index >= 15 is 0 Å². The van der Waals surface area contributed by atoms with Gasteiger partial charge in [-0.2, -0.15) is 8.42 Å². The average Bonchev–Trinajstić information content (AvgIpc) is 3.31. The molecule has 5 nitrogen and oxygen atoms in total. The van der Waals surface area contributed by atoms with Gasteiger partial charge in [-0.25, -0.2) is 0 Å². The van der Waals surface area contributed by atoms with E-state index in [2.05, 4.69) is 18.0 Å². The Morgan fingerprint density at radius 1 is 1.03 bits per heavy atom. The summed E-state index contributed by atoms with van der Waals surface area (Å²) in [5, 5.41) is 14.0. The molecular formula is C23H25NO4S2. The number of fused-ring (bicyclic) bond motifs is 1. The van der Waals surface area contributed by atoms with Crippen LogP contribution in [0, 0.1) is 13.8 Å². The summed E-state index contributed by atoms with van der Waals surface area (Å²) < 4.78 is 29.6. The molecule has 4 aromatic rings. The van der Waals surface area contributed by atoms with Crippen LogP contribution in [0.3, 0.4) is 0 Å². The molecule has 0 aliphatic rings. The van der Waals surface area contributed by atoms with Crippen molar-refractivity contribution in [2.24, 2.45) is 0 Å². The van der Waals surface area contributed by atoms with Gasteiger partial charge in [-0.1, -0.05) is 55.0 Å². The van der Waals surface area contributed by atoms with Crippen molar-refractivity contribution in [2.75, 3.05) is 0 Å². The molecule has 158 valence electrons. The van der Waals surface area contributed by atoms with Gasteiger partial charge in [-0.05, 0) is 48.9 Å². The van der Waals surface area contributed by atoms with E-state index in [1.54, 1.807) is 35.2 Å². The summed E-state index contributed by atoms with van der Waals surface area (Å²) in [6.07, 6.45) is 2.73. The first-order valence-electron chi connectivity index (χ1n) is 9.30. The van der Waals surface area contributed by atoms with Crippen LogP contribution in [0.4, 0.5) is 0 Å². The first-order valence-corrected chi connectivity index (χ1v) is 11.7. The Bertz CT molecular complexity index is 1150. The molecule has 0 unspecified atom stereocenters. The summed E-state index contributed by atoms with van der Waals surface area (Å²) in [7, 11) is -4.02. The molecule has 0 amide bonds. The molecule has 0 spiro atoms. The normalized spacial score (nSPS) is 10.5. The van der Waals surface area contributed by atoms with E-state index in [1.165, 1.54) is 17.7 Å². The minimum atomic E-state index is -4.02. The molecule has 4 rings (SSSR count). The number of benzene rings is 3. The molecule has 30 heavy (non-hydrogen) atoms. The molecule has 1 aromatic heterocycles. The van der Waals surface area contributed by atoms with E-state index < -0.39 is 10.1 Å². The van der Waals surface area contributed by atoms with Crippen LogP contribution in [-0.2, 0) is 16.5 Å². The van der Waals surface area contributed by atoms with Crippen LogP contribution in [0.25, 0.3) is 10.8 Å². The quantitative estimate of drug-likeness (QED) is 0.382. The Morgan fingerprint density at radius 3 is 2.20 bits per heavy atom. The predicted octanol–water partition coefficient (Wildman–Crippen LogP) is 5.80. The van der Waals surface area contributed by atoms with Gasteiger partial charge >= 0.3 is 0 Å². The SMILES string of the molecule is CCc1cc2ccccc2c(O)c1C.Cc1ccc(S(=O)(=O)O)cc1.c1cscn1. The number of hydrogen-bond acceptors (Lipinski definition) is 5. The highest BCUT2D eigenvalue weighted by atomic mass is 32.2. The summed E-state index contributed by atoms with van der Waals surface area (Å²) in [4.78, 5) is 3.67. The fourth-order valence-electron chi connectivity index (χ4n) is 2.74. The van der Waals surface area contributed by atoms with Crippen molar-refractivity contribution < 1.29 is 18.1 Å². The lowest BCUT2D eigenvalue weighted by molar-refractivity contribution is 0.476. The summed E-state index contributed by atoms with van der Waals surface area (Å²) >= 11 is 1.60. The van der Waals surface area contributed by atoms with Crippen molar-refractivity contribution in [3.05, 3.63) is 88.4 Å². The highest BCUT2D eigenvalue weighted by molar-refractivity contribution is 7.85. The van der Waals surface area contributed by atoms with Gasteiger partial charge in [0.2, 0.25) is 0 Å². The maximum atomic E-state index is 10.5. The largest absolute Gasteiger partial charge is 0.507 e. The second-order valence-electron chi connectivity index (χ2n) is 6.55. The molecule has 2 N–H and O–H groups in total. The zero-order valence-corrected chi connectivity index (χ0v) is 18.7. The van der Waals surface area contributed by atoms with Crippen LogP contribution in [0.5, 0.6) is 5.75 Å². The van der Waals surface area contributed by atoms with Gasteiger partial charge in [0, 0.05) is 17.0 Å². The van der Waals surface area contributed by atoms with Crippen LogP contribution < -0.4 is 0 Å². The summed E-state index contributed by atoms with van der Waals surface area (Å²) in [6, 6.07) is 16.1. The van der Waals surface area contributed by atoms with E-state index in [1.807, 2.05) is 43.5 Å². The third kappa shape index (κ3) is 6.66. The molecule has 0 aliphatic heterocycles. The van der Waals surface area contributed by atoms with E-state index in [-0.39, 0.29) is 4.90 Å². The zero-order valence-electron chi connectivity index (χ0n) is 17.1. The van der Waals surface area contributed by atoms with Crippen LogP contribution in [0.1, 0.15) is 23.6 Å². The number of hydrogen-bond donors (Lipinski definition) is 2. The van der Waals surface area contributed by atoms with Gasteiger partial charge < -0.3 is 5.11 Å². The fraction of sp³-hybridized carbons (Fsp3) is 0.174. The highest BCUT2D eigenvalue weighted by Crippen LogP contribution is 2.31. The number of thiazole rings is 1. The second-order valence-corrected chi connectivity index (χ2v) is 8.72. The number of phenolic OH excluding ortho intramolecular Hbond substituents is 1. The Kier molecular flexibility index (Phi) is 8.53. The van der Waals surface area contributed by atoms with E-state index in [0.29, 0.717) is 5.75 Å². The maximum Gasteiger partial charge on any atom is 0.294 e. The first-order chi connectivity index (χ1) is 14.2. The van der Waals surface area contributed by atoms with Crippen LogP contribution >= 0.6 is 11.3 Å². The monoisotopic (exact) mass is 443 g/mol. The highest BCUT2D eigenvalue weighted by Gasteiger charge is 2.07. The van der Waals surface area contributed by atoms with Gasteiger partial charge in [0.15, 0.2) is 0 Å². The topological polar surface area (TPSA) is 87.5 Å². The van der Waals surface area contributed by atoms with Gasteiger partial charge in [0.05, 0.1) is 10.4 Å². The minimum absolute atomic E-state index is 0.0666. The van der Waals surface area contributed by atoms with Gasteiger partial charge in [0.1, 0.15) is 5.75 Å². The average molecular weight is 444 g/mol. The van der Waals surface area contributed by atoms with Crippen molar-refractivity contribution in [2.45, 2.75) is 32.1 Å². The predicted molar refractivity (Wildman–Crippen MR) is 123 cm³/mol. The lowest BCUT2D eigenvalue weighted by Crippen LogP contribution is -1.96. The zero-order chi connectivity index (χ0) is 22.1. The maximum absolute atomic E-state index is 10.5. The number of phenols is 1. The molecule has 0 radical (unpaired) electrons. The second kappa shape index (κ2) is 10.9. The molecular weight excluding hydrogens is 418 g/mol. The van der Waals surface area contributed by atoms with Crippen molar-refractivity contribution >= 4 is 32.2 Å². The van der Waals surface area contributed by atoms with Crippen molar-refractivity contribution in [1.82, 2.24) is 4.98 Å². The number of aromatic hydroxyl groups is 1. The molecule has 0 saturated heterocycles. The van der Waals surface area contributed by atoms with Crippen LogP contribution in [-0.4, -0.2) is 23.1 Å². The summed E-state index contributed by atoms with van der Waals surface area (Å²) in [5.74, 6) is 0.431. The standard InChI is InChI=1S/C13H14O.C7H8O3S.C3H3NS/c1-3-10-8-11-6-4-5-7-12(11)13(14)9(10)2;1-6-2-4-7(5-3-6)11(8,9)10;1-2-5-3-4-1/h4-8,14H,3H2,1-2H3;2-5H,1H3,(H,8,9,10);1-3H. The number of rotatable bonds is 2. The van der Waals surface area contributed by atoms with E-state index in [0.717, 1.165) is 28.3 Å². The molecule has 0 aliphatic carbocycles. The van der Waals surface area contributed by atoms with E-state index in [9.17, 15) is 13.5 Å². The molecule has 0 saturated carbocycles. The lowest BCUT2D eigenvalue weighted by Gasteiger charge is -2.09. The number of aryl methyl sites for hydroxylation is 2. The first kappa shape index (κ1) is 23.5. The Balaban J connectivity index is 0.000000177. The Hall–Kier alpha value is -2.74.